The van der Waals surface area contributed by atoms with Crippen molar-refractivity contribution in [2.24, 2.45) is 0 Å². The van der Waals surface area contributed by atoms with Crippen molar-refractivity contribution in [1.82, 2.24) is 10.3 Å². The van der Waals surface area contributed by atoms with E-state index in [1.165, 1.54) is 0 Å². The van der Waals surface area contributed by atoms with Crippen LogP contribution in [0.3, 0.4) is 0 Å². The Morgan fingerprint density at radius 2 is 2.64 bits per heavy atom. The molecule has 1 fully saturated rings. The standard InChI is InChI=1S/C10H14N2O2/c13-5-3-9-7-14-10(12-9)8-2-1-4-11-6-8/h5,7-8,11H,1-4,6H2. The Kier molecular flexibility index (Phi) is 2.93. The predicted octanol–water partition coefficient (Wildman–Crippen LogP) is 0.883. The summed E-state index contributed by atoms with van der Waals surface area (Å²) < 4.78 is 5.35. The molecule has 4 heteroatoms. The molecule has 1 aliphatic rings. The van der Waals surface area contributed by atoms with Crippen LogP contribution in [0.15, 0.2) is 10.7 Å². The first kappa shape index (κ1) is 9.40. The van der Waals surface area contributed by atoms with Gasteiger partial charge in [-0.2, -0.15) is 0 Å². The fourth-order valence-electron chi connectivity index (χ4n) is 1.75. The molecule has 0 aliphatic carbocycles. The zero-order valence-corrected chi connectivity index (χ0v) is 8.03. The molecule has 0 saturated carbocycles. The topological polar surface area (TPSA) is 55.1 Å². The van der Waals surface area contributed by atoms with Gasteiger partial charge in [0, 0.05) is 18.9 Å². The van der Waals surface area contributed by atoms with Crippen molar-refractivity contribution < 1.29 is 9.21 Å². The maximum atomic E-state index is 10.3. The summed E-state index contributed by atoms with van der Waals surface area (Å²) in [6.07, 6.45) is 5.06. The Labute approximate surface area is 82.7 Å². The molecule has 0 amide bonds. The van der Waals surface area contributed by atoms with Crippen LogP contribution in [0.25, 0.3) is 0 Å². The number of piperidine rings is 1. The van der Waals surface area contributed by atoms with Crippen molar-refractivity contribution in [3.63, 3.8) is 0 Å². The highest BCUT2D eigenvalue weighted by Crippen LogP contribution is 2.22. The Morgan fingerprint density at radius 1 is 1.71 bits per heavy atom. The number of nitrogens with zero attached hydrogens (tertiary/aromatic N) is 1. The van der Waals surface area contributed by atoms with Gasteiger partial charge in [-0.3, -0.25) is 0 Å². The molecular formula is C10H14N2O2. The van der Waals surface area contributed by atoms with Crippen LogP contribution in [0.5, 0.6) is 0 Å². The molecule has 0 radical (unpaired) electrons. The van der Waals surface area contributed by atoms with E-state index in [1.54, 1.807) is 6.26 Å². The molecule has 0 aromatic carbocycles. The minimum Gasteiger partial charge on any atom is -0.448 e. The van der Waals surface area contributed by atoms with E-state index in [0.29, 0.717) is 12.3 Å². The average molecular weight is 194 g/mol. The van der Waals surface area contributed by atoms with Gasteiger partial charge in [0.05, 0.1) is 5.69 Å². The van der Waals surface area contributed by atoms with E-state index in [4.69, 9.17) is 4.42 Å². The number of hydrogen-bond acceptors (Lipinski definition) is 4. The van der Waals surface area contributed by atoms with E-state index in [1.807, 2.05) is 0 Å². The first-order chi connectivity index (χ1) is 6.90. The van der Waals surface area contributed by atoms with Crippen LogP contribution >= 0.6 is 0 Å². The minimum absolute atomic E-state index is 0.351. The molecular weight excluding hydrogens is 180 g/mol. The second-order valence-electron chi connectivity index (χ2n) is 3.59. The van der Waals surface area contributed by atoms with Crippen LogP contribution in [-0.4, -0.2) is 24.4 Å². The summed E-state index contributed by atoms with van der Waals surface area (Å²) in [7, 11) is 0. The van der Waals surface area contributed by atoms with Crippen molar-refractivity contribution >= 4 is 6.29 Å². The summed E-state index contributed by atoms with van der Waals surface area (Å²) in [6.45, 7) is 2.01. The van der Waals surface area contributed by atoms with Gasteiger partial charge in [-0.1, -0.05) is 0 Å². The van der Waals surface area contributed by atoms with Crippen LogP contribution in [0.4, 0.5) is 0 Å². The van der Waals surface area contributed by atoms with Gasteiger partial charge in [-0.15, -0.1) is 0 Å². The predicted molar refractivity (Wildman–Crippen MR) is 51.1 cm³/mol. The maximum absolute atomic E-state index is 10.3. The van der Waals surface area contributed by atoms with Gasteiger partial charge in [0.2, 0.25) is 0 Å². The lowest BCUT2D eigenvalue weighted by Gasteiger charge is -2.19. The molecule has 0 spiro atoms. The van der Waals surface area contributed by atoms with Gasteiger partial charge in [0.15, 0.2) is 5.89 Å². The molecule has 2 heterocycles. The molecule has 1 atom stereocenters. The highest BCUT2D eigenvalue weighted by Gasteiger charge is 2.19. The van der Waals surface area contributed by atoms with E-state index < -0.39 is 0 Å². The fraction of sp³-hybridized carbons (Fsp3) is 0.600. The lowest BCUT2D eigenvalue weighted by molar-refractivity contribution is -0.107. The molecule has 14 heavy (non-hydrogen) atoms. The van der Waals surface area contributed by atoms with Crippen molar-refractivity contribution in [3.8, 4) is 0 Å². The zero-order chi connectivity index (χ0) is 9.80. The number of aldehydes is 1. The van der Waals surface area contributed by atoms with Gasteiger partial charge in [0.25, 0.3) is 0 Å². The molecule has 1 aliphatic heterocycles. The largest absolute Gasteiger partial charge is 0.448 e. The van der Waals surface area contributed by atoms with Crippen molar-refractivity contribution in [2.45, 2.75) is 25.2 Å². The molecule has 1 aromatic heterocycles. The molecule has 76 valence electrons. The van der Waals surface area contributed by atoms with Gasteiger partial charge in [-0.05, 0) is 19.4 Å². The van der Waals surface area contributed by atoms with E-state index in [2.05, 4.69) is 10.3 Å². The Morgan fingerprint density at radius 3 is 3.36 bits per heavy atom. The summed E-state index contributed by atoms with van der Waals surface area (Å²) in [5.41, 5.74) is 0.737. The molecule has 1 N–H and O–H groups in total. The first-order valence-corrected chi connectivity index (χ1v) is 4.99. The normalized spacial score (nSPS) is 22.1. The number of carbonyl (C=O) groups excluding carboxylic acids is 1. The number of nitrogens with one attached hydrogen (secondary N) is 1. The highest BCUT2D eigenvalue weighted by molar-refractivity contribution is 5.53. The maximum Gasteiger partial charge on any atom is 0.198 e. The van der Waals surface area contributed by atoms with Gasteiger partial charge in [0.1, 0.15) is 12.5 Å². The fourth-order valence-corrected chi connectivity index (χ4v) is 1.75. The lowest BCUT2D eigenvalue weighted by Crippen LogP contribution is -2.28. The monoisotopic (exact) mass is 194 g/mol. The minimum atomic E-state index is 0.351. The molecule has 2 rings (SSSR count). The van der Waals surface area contributed by atoms with Crippen LogP contribution < -0.4 is 5.32 Å². The highest BCUT2D eigenvalue weighted by atomic mass is 16.3. The first-order valence-electron chi connectivity index (χ1n) is 4.99. The van der Waals surface area contributed by atoms with Gasteiger partial charge >= 0.3 is 0 Å². The van der Waals surface area contributed by atoms with E-state index in [9.17, 15) is 4.79 Å². The smallest absolute Gasteiger partial charge is 0.198 e. The number of rotatable bonds is 3. The Hall–Kier alpha value is -1.16. The molecule has 1 unspecified atom stereocenters. The third-order valence-electron chi connectivity index (χ3n) is 2.51. The van der Waals surface area contributed by atoms with Crippen molar-refractivity contribution in [2.75, 3.05) is 13.1 Å². The third-order valence-corrected chi connectivity index (χ3v) is 2.51. The Balaban J connectivity index is 2.03. The van der Waals surface area contributed by atoms with Crippen molar-refractivity contribution in [3.05, 3.63) is 17.8 Å². The third kappa shape index (κ3) is 2.01. The lowest BCUT2D eigenvalue weighted by atomic mass is 10.00. The van der Waals surface area contributed by atoms with Crippen LogP contribution in [0, 0.1) is 0 Å². The molecule has 1 saturated heterocycles. The Bertz CT molecular complexity index is 303. The van der Waals surface area contributed by atoms with Crippen LogP contribution in [-0.2, 0) is 11.2 Å². The zero-order valence-electron chi connectivity index (χ0n) is 8.03. The quantitative estimate of drug-likeness (QED) is 0.726. The van der Waals surface area contributed by atoms with Crippen molar-refractivity contribution in [1.29, 1.82) is 0 Å². The SMILES string of the molecule is O=CCc1coc(C2CCCNC2)n1. The summed E-state index contributed by atoms with van der Waals surface area (Å²) in [5.74, 6) is 1.15. The average Bonchev–Trinajstić information content (AvgIpc) is 2.68. The summed E-state index contributed by atoms with van der Waals surface area (Å²) in [4.78, 5) is 14.6. The van der Waals surface area contributed by atoms with Gasteiger partial charge < -0.3 is 14.5 Å². The summed E-state index contributed by atoms with van der Waals surface area (Å²) in [6, 6.07) is 0. The van der Waals surface area contributed by atoms with Crippen LogP contribution in [0.2, 0.25) is 0 Å². The molecule has 4 nitrogen and oxygen atoms in total. The summed E-state index contributed by atoms with van der Waals surface area (Å²) in [5, 5.41) is 3.31. The number of aromatic nitrogens is 1. The molecule has 1 aromatic rings. The second-order valence-corrected chi connectivity index (χ2v) is 3.59. The second kappa shape index (κ2) is 4.37. The number of hydrogen-bond donors (Lipinski definition) is 1. The van der Waals surface area contributed by atoms with Crippen LogP contribution in [0.1, 0.15) is 30.3 Å². The number of oxazole rings is 1. The van der Waals surface area contributed by atoms with E-state index in [-0.39, 0.29) is 0 Å². The molecule has 0 bridgehead atoms. The number of carbonyl (C=O) groups is 1. The van der Waals surface area contributed by atoms with Gasteiger partial charge in [-0.25, -0.2) is 4.98 Å². The summed E-state index contributed by atoms with van der Waals surface area (Å²) >= 11 is 0. The van der Waals surface area contributed by atoms with E-state index >= 15 is 0 Å². The van der Waals surface area contributed by atoms with E-state index in [0.717, 1.165) is 43.8 Å².